The molecule has 0 spiro atoms. The Hall–Kier alpha value is -3.02. The second-order valence-electron chi connectivity index (χ2n) is 7.82. The van der Waals surface area contributed by atoms with Gasteiger partial charge in [0, 0.05) is 24.3 Å². The number of benzene rings is 2. The second kappa shape index (κ2) is 11.4. The van der Waals surface area contributed by atoms with E-state index in [0.29, 0.717) is 25.4 Å². The average molecular weight is 425 g/mol. The largest absolute Gasteiger partial charge is 0.494 e. The molecule has 0 bridgehead atoms. The zero-order valence-electron chi connectivity index (χ0n) is 18.4. The van der Waals surface area contributed by atoms with E-state index in [1.54, 1.807) is 4.90 Å². The third-order valence-electron chi connectivity index (χ3n) is 5.26. The summed E-state index contributed by atoms with van der Waals surface area (Å²) in [5.74, 6) is 1.01. The van der Waals surface area contributed by atoms with E-state index in [2.05, 4.69) is 19.2 Å². The Kier molecular flexibility index (Phi) is 8.33. The Morgan fingerprint density at radius 3 is 2.23 bits per heavy atom. The number of hydrogen-bond acceptors (Lipinski definition) is 4. The summed E-state index contributed by atoms with van der Waals surface area (Å²) >= 11 is 0. The minimum atomic E-state index is -0.381. The summed E-state index contributed by atoms with van der Waals surface area (Å²) in [5.41, 5.74) is 1.49. The molecule has 2 aromatic carbocycles. The van der Waals surface area contributed by atoms with E-state index in [4.69, 9.17) is 9.47 Å². The topological polar surface area (TPSA) is 67.9 Å². The minimum Gasteiger partial charge on any atom is -0.494 e. The third kappa shape index (κ3) is 6.48. The van der Waals surface area contributed by atoms with Gasteiger partial charge in [0.1, 0.15) is 11.5 Å². The SMILES string of the molecule is CCCCCOc1ccc(NC(=O)[C@@H]2CC(=O)N(c3ccc(OCCC)cc3)C2)cc1. The van der Waals surface area contributed by atoms with E-state index in [1.807, 2.05) is 48.5 Å². The predicted molar refractivity (Wildman–Crippen MR) is 123 cm³/mol. The van der Waals surface area contributed by atoms with Crippen molar-refractivity contribution in [2.45, 2.75) is 46.0 Å². The highest BCUT2D eigenvalue weighted by molar-refractivity contribution is 6.03. The molecule has 3 rings (SSSR count). The standard InChI is InChI=1S/C25H32N2O4/c1-3-5-6-16-31-22-11-7-20(8-12-22)26-25(29)19-17-24(28)27(18-19)21-9-13-23(14-10-21)30-15-4-2/h7-14,19H,3-6,15-18H2,1-2H3,(H,26,29)/t19-/m1/s1. The number of anilines is 2. The van der Waals surface area contributed by atoms with Crippen LogP contribution in [0.1, 0.15) is 46.0 Å². The molecule has 6 heteroatoms. The average Bonchev–Trinajstić information content (AvgIpc) is 3.18. The Morgan fingerprint density at radius 1 is 0.935 bits per heavy atom. The molecule has 0 aromatic heterocycles. The highest BCUT2D eigenvalue weighted by Crippen LogP contribution is 2.28. The quantitative estimate of drug-likeness (QED) is 0.514. The third-order valence-corrected chi connectivity index (χ3v) is 5.26. The number of amides is 2. The maximum absolute atomic E-state index is 12.7. The summed E-state index contributed by atoms with van der Waals surface area (Å²) in [4.78, 5) is 26.9. The van der Waals surface area contributed by atoms with Gasteiger partial charge in [-0.2, -0.15) is 0 Å². The summed E-state index contributed by atoms with van der Waals surface area (Å²) < 4.78 is 11.3. The molecular weight excluding hydrogens is 392 g/mol. The van der Waals surface area contributed by atoms with Crippen LogP contribution in [0.4, 0.5) is 11.4 Å². The van der Waals surface area contributed by atoms with Crippen LogP contribution in [0, 0.1) is 5.92 Å². The zero-order chi connectivity index (χ0) is 22.1. The van der Waals surface area contributed by atoms with E-state index in [1.165, 1.54) is 0 Å². The monoisotopic (exact) mass is 424 g/mol. The molecule has 1 saturated heterocycles. The van der Waals surface area contributed by atoms with E-state index >= 15 is 0 Å². The number of carbonyl (C=O) groups excluding carboxylic acids is 2. The van der Waals surface area contributed by atoms with Gasteiger partial charge in [0.2, 0.25) is 11.8 Å². The predicted octanol–water partition coefficient (Wildman–Crippen LogP) is 5.04. The summed E-state index contributed by atoms with van der Waals surface area (Å²) in [6.07, 6.45) is 4.50. The Balaban J connectivity index is 1.51. The molecule has 0 aliphatic carbocycles. The fourth-order valence-corrected chi connectivity index (χ4v) is 3.50. The van der Waals surface area contributed by atoms with Gasteiger partial charge in [-0.15, -0.1) is 0 Å². The molecule has 1 aliphatic rings. The Morgan fingerprint density at radius 2 is 1.58 bits per heavy atom. The lowest BCUT2D eigenvalue weighted by Gasteiger charge is -2.17. The number of nitrogens with zero attached hydrogens (tertiary/aromatic N) is 1. The van der Waals surface area contributed by atoms with E-state index in [-0.39, 0.29) is 24.2 Å². The van der Waals surface area contributed by atoms with Crippen molar-refractivity contribution in [1.29, 1.82) is 0 Å². The van der Waals surface area contributed by atoms with Crippen molar-refractivity contribution >= 4 is 23.2 Å². The molecule has 0 unspecified atom stereocenters. The van der Waals surface area contributed by atoms with Gasteiger partial charge in [-0.3, -0.25) is 9.59 Å². The smallest absolute Gasteiger partial charge is 0.229 e. The normalized spacial score (nSPS) is 15.7. The lowest BCUT2D eigenvalue weighted by atomic mass is 10.1. The van der Waals surface area contributed by atoms with Crippen LogP contribution in [0.15, 0.2) is 48.5 Å². The van der Waals surface area contributed by atoms with Gasteiger partial charge in [-0.25, -0.2) is 0 Å². The molecule has 1 atom stereocenters. The molecule has 1 aliphatic heterocycles. The second-order valence-corrected chi connectivity index (χ2v) is 7.82. The number of carbonyl (C=O) groups is 2. The number of rotatable bonds is 11. The van der Waals surface area contributed by atoms with Crippen molar-refractivity contribution < 1.29 is 19.1 Å². The first-order valence-corrected chi connectivity index (χ1v) is 11.2. The lowest BCUT2D eigenvalue weighted by Crippen LogP contribution is -2.28. The maximum Gasteiger partial charge on any atom is 0.229 e. The molecule has 0 saturated carbocycles. The molecule has 31 heavy (non-hydrogen) atoms. The zero-order valence-corrected chi connectivity index (χ0v) is 18.4. The summed E-state index contributed by atoms with van der Waals surface area (Å²) in [6.45, 7) is 5.95. The van der Waals surface area contributed by atoms with Crippen molar-refractivity contribution in [3.05, 3.63) is 48.5 Å². The van der Waals surface area contributed by atoms with Crippen LogP contribution < -0.4 is 19.7 Å². The Labute approximate surface area is 184 Å². The van der Waals surface area contributed by atoms with Gasteiger partial charge in [-0.1, -0.05) is 26.7 Å². The van der Waals surface area contributed by atoms with Crippen LogP contribution in [-0.2, 0) is 9.59 Å². The van der Waals surface area contributed by atoms with E-state index in [0.717, 1.165) is 42.9 Å². The van der Waals surface area contributed by atoms with Crippen molar-refractivity contribution in [2.24, 2.45) is 5.92 Å². The number of ether oxygens (including phenoxy) is 2. The van der Waals surface area contributed by atoms with Crippen molar-refractivity contribution in [3.8, 4) is 11.5 Å². The number of unbranched alkanes of at least 4 members (excludes halogenated alkanes) is 2. The van der Waals surface area contributed by atoms with Gasteiger partial charge in [-0.05, 0) is 61.4 Å². The molecule has 0 radical (unpaired) electrons. The van der Waals surface area contributed by atoms with Gasteiger partial charge in [0.15, 0.2) is 0 Å². The molecule has 6 nitrogen and oxygen atoms in total. The molecule has 1 heterocycles. The maximum atomic E-state index is 12.7. The van der Waals surface area contributed by atoms with Crippen molar-refractivity contribution in [2.75, 3.05) is 30.0 Å². The van der Waals surface area contributed by atoms with Crippen LogP contribution in [0.25, 0.3) is 0 Å². The number of nitrogens with one attached hydrogen (secondary N) is 1. The van der Waals surface area contributed by atoms with Crippen LogP contribution >= 0.6 is 0 Å². The first-order chi connectivity index (χ1) is 15.1. The van der Waals surface area contributed by atoms with Gasteiger partial charge >= 0.3 is 0 Å². The van der Waals surface area contributed by atoms with Crippen LogP contribution in [-0.4, -0.2) is 31.6 Å². The molecule has 2 amide bonds. The minimum absolute atomic E-state index is 0.0433. The first kappa shape index (κ1) is 22.7. The summed E-state index contributed by atoms with van der Waals surface area (Å²) in [5, 5.41) is 2.92. The van der Waals surface area contributed by atoms with Crippen LogP contribution in [0.2, 0.25) is 0 Å². The molecule has 1 fully saturated rings. The van der Waals surface area contributed by atoms with E-state index < -0.39 is 0 Å². The van der Waals surface area contributed by atoms with E-state index in [9.17, 15) is 9.59 Å². The van der Waals surface area contributed by atoms with Crippen LogP contribution in [0.3, 0.4) is 0 Å². The van der Waals surface area contributed by atoms with Gasteiger partial charge in [0.25, 0.3) is 0 Å². The number of hydrogen-bond donors (Lipinski definition) is 1. The summed E-state index contributed by atoms with van der Waals surface area (Å²) in [7, 11) is 0. The first-order valence-electron chi connectivity index (χ1n) is 11.2. The lowest BCUT2D eigenvalue weighted by molar-refractivity contribution is -0.122. The molecule has 2 aromatic rings. The van der Waals surface area contributed by atoms with Crippen molar-refractivity contribution in [1.82, 2.24) is 0 Å². The molecule has 1 N–H and O–H groups in total. The fraction of sp³-hybridized carbons (Fsp3) is 0.440. The Bertz CT molecular complexity index is 849. The molecule has 166 valence electrons. The highest BCUT2D eigenvalue weighted by atomic mass is 16.5. The van der Waals surface area contributed by atoms with Crippen LogP contribution in [0.5, 0.6) is 11.5 Å². The van der Waals surface area contributed by atoms with Gasteiger partial charge in [0.05, 0.1) is 19.1 Å². The fourth-order valence-electron chi connectivity index (χ4n) is 3.50. The van der Waals surface area contributed by atoms with Crippen molar-refractivity contribution in [3.63, 3.8) is 0 Å². The van der Waals surface area contributed by atoms with Gasteiger partial charge < -0.3 is 19.7 Å². The highest BCUT2D eigenvalue weighted by Gasteiger charge is 2.35. The summed E-state index contributed by atoms with van der Waals surface area (Å²) in [6, 6.07) is 14.8. The molecular formula is C25H32N2O4.